The van der Waals surface area contributed by atoms with Crippen molar-refractivity contribution in [2.45, 2.75) is 32.5 Å². The molecule has 0 bridgehead atoms. The van der Waals surface area contributed by atoms with E-state index in [4.69, 9.17) is 9.73 Å². The van der Waals surface area contributed by atoms with E-state index in [0.717, 1.165) is 64.0 Å². The first-order chi connectivity index (χ1) is 14.3. The van der Waals surface area contributed by atoms with Crippen molar-refractivity contribution >= 4 is 5.96 Å². The maximum absolute atomic E-state index is 5.50. The molecule has 29 heavy (non-hydrogen) atoms. The molecule has 0 spiro atoms. The average Bonchev–Trinajstić information content (AvgIpc) is 3.42. The maximum Gasteiger partial charge on any atom is 0.194 e. The second-order valence-corrected chi connectivity index (χ2v) is 7.74. The Balaban J connectivity index is 1.35. The first-order valence-corrected chi connectivity index (χ1v) is 10.7. The number of hydrogen-bond donors (Lipinski definition) is 1. The van der Waals surface area contributed by atoms with Gasteiger partial charge in [0, 0.05) is 50.5 Å². The fourth-order valence-electron chi connectivity index (χ4n) is 4.11. The summed E-state index contributed by atoms with van der Waals surface area (Å²) in [6, 6.07) is 11.0. The quantitative estimate of drug-likeness (QED) is 0.596. The molecule has 2 aliphatic rings. The zero-order valence-electron chi connectivity index (χ0n) is 17.3. The second kappa shape index (κ2) is 9.89. The van der Waals surface area contributed by atoms with Crippen molar-refractivity contribution in [3.8, 4) is 0 Å². The Hall–Kier alpha value is -2.38. The molecule has 1 unspecified atom stereocenters. The predicted molar refractivity (Wildman–Crippen MR) is 115 cm³/mol. The lowest BCUT2D eigenvalue weighted by atomic mass is 10.2. The number of ether oxygens (including phenoxy) is 1. The monoisotopic (exact) mass is 396 g/mol. The molecule has 2 aliphatic heterocycles. The normalized spacial score (nSPS) is 20.9. The van der Waals surface area contributed by atoms with Crippen LogP contribution in [0.4, 0.5) is 0 Å². The molecule has 1 atom stereocenters. The van der Waals surface area contributed by atoms with Gasteiger partial charge in [0.25, 0.3) is 0 Å². The van der Waals surface area contributed by atoms with Gasteiger partial charge in [-0.3, -0.25) is 9.58 Å². The fraction of sp³-hybridized carbons (Fsp3) is 0.545. The van der Waals surface area contributed by atoms with Crippen LogP contribution in [0.2, 0.25) is 0 Å². The molecule has 156 valence electrons. The van der Waals surface area contributed by atoms with Crippen molar-refractivity contribution in [3.63, 3.8) is 0 Å². The summed E-state index contributed by atoms with van der Waals surface area (Å²) in [5.74, 6) is 1.01. The molecule has 1 aromatic heterocycles. The van der Waals surface area contributed by atoms with Gasteiger partial charge in [0.05, 0.1) is 32.5 Å². The Kier molecular flexibility index (Phi) is 6.79. The molecular weight excluding hydrogens is 364 g/mol. The molecule has 2 saturated heterocycles. The van der Waals surface area contributed by atoms with E-state index in [1.165, 1.54) is 12.0 Å². The first kappa shape index (κ1) is 19.9. The topological polar surface area (TPSA) is 57.9 Å². The Bertz CT molecular complexity index is 784. The molecule has 4 rings (SSSR count). The van der Waals surface area contributed by atoms with Crippen molar-refractivity contribution in [1.82, 2.24) is 24.9 Å². The summed E-state index contributed by atoms with van der Waals surface area (Å²) in [4.78, 5) is 9.87. The van der Waals surface area contributed by atoms with Gasteiger partial charge < -0.3 is 15.0 Å². The van der Waals surface area contributed by atoms with Gasteiger partial charge in [-0.25, -0.2) is 4.99 Å². The van der Waals surface area contributed by atoms with Gasteiger partial charge in [0.2, 0.25) is 0 Å². The van der Waals surface area contributed by atoms with E-state index in [2.05, 4.69) is 57.6 Å². The SMILES string of the molecule is CCNC(=NCc1cnn(Cc2ccccc2)c1)N1CCC(N2CCOCC2)C1. The Labute approximate surface area is 173 Å². The van der Waals surface area contributed by atoms with Crippen molar-refractivity contribution in [3.05, 3.63) is 53.9 Å². The van der Waals surface area contributed by atoms with E-state index in [0.29, 0.717) is 12.6 Å². The van der Waals surface area contributed by atoms with Crippen LogP contribution in [-0.4, -0.2) is 77.5 Å². The minimum Gasteiger partial charge on any atom is -0.379 e. The first-order valence-electron chi connectivity index (χ1n) is 10.7. The van der Waals surface area contributed by atoms with Crippen LogP contribution in [0.5, 0.6) is 0 Å². The highest BCUT2D eigenvalue weighted by Crippen LogP contribution is 2.17. The molecule has 0 radical (unpaired) electrons. The molecule has 1 aromatic carbocycles. The third kappa shape index (κ3) is 5.36. The Morgan fingerprint density at radius 1 is 1.17 bits per heavy atom. The van der Waals surface area contributed by atoms with Crippen molar-refractivity contribution in [1.29, 1.82) is 0 Å². The number of nitrogens with one attached hydrogen (secondary N) is 1. The lowest BCUT2D eigenvalue weighted by Crippen LogP contribution is -2.46. The average molecular weight is 397 g/mol. The number of benzene rings is 1. The molecule has 0 amide bonds. The summed E-state index contributed by atoms with van der Waals surface area (Å²) in [5.41, 5.74) is 2.39. The van der Waals surface area contributed by atoms with Crippen molar-refractivity contribution in [2.75, 3.05) is 45.9 Å². The molecule has 0 saturated carbocycles. The van der Waals surface area contributed by atoms with E-state index in [-0.39, 0.29) is 0 Å². The summed E-state index contributed by atoms with van der Waals surface area (Å²) in [7, 11) is 0. The van der Waals surface area contributed by atoms with Crippen LogP contribution >= 0.6 is 0 Å². The van der Waals surface area contributed by atoms with Crippen molar-refractivity contribution < 1.29 is 4.74 Å². The molecule has 2 aromatic rings. The number of aliphatic imine (C=N–C) groups is 1. The van der Waals surface area contributed by atoms with Crippen LogP contribution in [0.15, 0.2) is 47.7 Å². The number of nitrogens with zero attached hydrogens (tertiary/aromatic N) is 5. The molecular formula is C22H32N6O. The van der Waals surface area contributed by atoms with Crippen LogP contribution in [0.25, 0.3) is 0 Å². The van der Waals surface area contributed by atoms with Gasteiger partial charge in [-0.05, 0) is 18.9 Å². The predicted octanol–water partition coefficient (Wildman–Crippen LogP) is 1.80. The lowest BCUT2D eigenvalue weighted by molar-refractivity contribution is 0.0195. The zero-order valence-corrected chi connectivity index (χ0v) is 17.3. The van der Waals surface area contributed by atoms with Gasteiger partial charge in [0.15, 0.2) is 5.96 Å². The third-order valence-corrected chi connectivity index (χ3v) is 5.65. The highest BCUT2D eigenvalue weighted by molar-refractivity contribution is 5.80. The minimum absolute atomic E-state index is 0.608. The van der Waals surface area contributed by atoms with Gasteiger partial charge in [0.1, 0.15) is 0 Å². The molecule has 7 heteroatoms. The van der Waals surface area contributed by atoms with Crippen LogP contribution in [0.3, 0.4) is 0 Å². The number of guanidine groups is 1. The van der Waals surface area contributed by atoms with Crippen LogP contribution in [0.1, 0.15) is 24.5 Å². The number of likely N-dealkylation sites (tertiary alicyclic amines) is 1. The maximum atomic E-state index is 5.50. The van der Waals surface area contributed by atoms with E-state index in [1.807, 2.05) is 16.9 Å². The lowest BCUT2D eigenvalue weighted by Gasteiger charge is -2.32. The number of aromatic nitrogens is 2. The summed E-state index contributed by atoms with van der Waals surface area (Å²) >= 11 is 0. The largest absolute Gasteiger partial charge is 0.379 e. The molecule has 0 aliphatic carbocycles. The highest BCUT2D eigenvalue weighted by atomic mass is 16.5. The van der Waals surface area contributed by atoms with E-state index in [9.17, 15) is 0 Å². The summed E-state index contributed by atoms with van der Waals surface area (Å²) in [6.45, 7) is 10.4. The summed E-state index contributed by atoms with van der Waals surface area (Å²) in [6.07, 6.45) is 5.22. The van der Waals surface area contributed by atoms with E-state index in [1.54, 1.807) is 0 Å². The van der Waals surface area contributed by atoms with Gasteiger partial charge in [-0.15, -0.1) is 0 Å². The van der Waals surface area contributed by atoms with Crippen LogP contribution < -0.4 is 5.32 Å². The van der Waals surface area contributed by atoms with Gasteiger partial charge in [-0.1, -0.05) is 30.3 Å². The Morgan fingerprint density at radius 2 is 2.00 bits per heavy atom. The standard InChI is InChI=1S/C22H32N6O/c1-2-23-22(27-9-8-21(18-27)26-10-12-29-13-11-26)24-14-20-15-25-28(17-20)16-19-6-4-3-5-7-19/h3-7,15,17,21H,2,8-14,16,18H2,1H3,(H,23,24). The number of morpholine rings is 1. The van der Waals surface area contributed by atoms with Gasteiger partial charge >= 0.3 is 0 Å². The summed E-state index contributed by atoms with van der Waals surface area (Å²) in [5, 5.41) is 7.97. The molecule has 3 heterocycles. The highest BCUT2D eigenvalue weighted by Gasteiger charge is 2.30. The number of rotatable bonds is 6. The molecule has 2 fully saturated rings. The third-order valence-electron chi connectivity index (χ3n) is 5.65. The smallest absolute Gasteiger partial charge is 0.194 e. The van der Waals surface area contributed by atoms with E-state index >= 15 is 0 Å². The second-order valence-electron chi connectivity index (χ2n) is 7.74. The van der Waals surface area contributed by atoms with E-state index < -0.39 is 0 Å². The number of hydrogen-bond acceptors (Lipinski definition) is 4. The minimum atomic E-state index is 0.608. The zero-order chi connectivity index (χ0) is 19.9. The van der Waals surface area contributed by atoms with Crippen LogP contribution in [0, 0.1) is 0 Å². The molecule has 7 nitrogen and oxygen atoms in total. The Morgan fingerprint density at radius 3 is 2.79 bits per heavy atom. The summed E-state index contributed by atoms with van der Waals surface area (Å²) < 4.78 is 7.48. The fourth-order valence-corrected chi connectivity index (χ4v) is 4.11. The van der Waals surface area contributed by atoms with Crippen LogP contribution in [-0.2, 0) is 17.8 Å². The van der Waals surface area contributed by atoms with Gasteiger partial charge in [-0.2, -0.15) is 5.10 Å². The van der Waals surface area contributed by atoms with Crippen molar-refractivity contribution in [2.24, 2.45) is 4.99 Å². The molecule has 1 N–H and O–H groups in total.